The lowest BCUT2D eigenvalue weighted by atomic mass is 10.3. The Morgan fingerprint density at radius 1 is 1.36 bits per heavy atom. The number of hydrogen-bond donors (Lipinski definition) is 0. The highest BCUT2D eigenvalue weighted by Crippen LogP contribution is 2.25. The molecule has 1 aliphatic rings. The zero-order chi connectivity index (χ0) is 9.80. The van der Waals surface area contributed by atoms with E-state index in [4.69, 9.17) is 9.47 Å². The van der Waals surface area contributed by atoms with Crippen LogP contribution in [-0.4, -0.2) is 24.3 Å². The topological polar surface area (TPSA) is 31.4 Å². The molecular weight excluding hydrogens is 178 g/mol. The smallest absolute Gasteiger partial charge is 0.137 e. The third-order valence-corrected chi connectivity index (χ3v) is 2.61. The predicted octanol–water partition coefficient (Wildman–Crippen LogP) is 2.03. The van der Waals surface area contributed by atoms with E-state index in [1.54, 1.807) is 19.5 Å². The maximum Gasteiger partial charge on any atom is 0.137 e. The first-order chi connectivity index (χ1) is 6.88. The second-order valence-corrected chi connectivity index (χ2v) is 3.60. The summed E-state index contributed by atoms with van der Waals surface area (Å²) in [5.41, 5.74) is 0. The van der Waals surface area contributed by atoms with Gasteiger partial charge in [0.1, 0.15) is 11.9 Å². The van der Waals surface area contributed by atoms with Crippen LogP contribution in [0.4, 0.5) is 0 Å². The minimum Gasteiger partial charge on any atom is -0.489 e. The Morgan fingerprint density at radius 3 is 2.86 bits per heavy atom. The van der Waals surface area contributed by atoms with Crippen LogP contribution in [0.25, 0.3) is 0 Å². The van der Waals surface area contributed by atoms with Gasteiger partial charge in [0.2, 0.25) is 0 Å². The number of hydrogen-bond acceptors (Lipinski definition) is 3. The molecule has 1 fully saturated rings. The van der Waals surface area contributed by atoms with Gasteiger partial charge in [-0.05, 0) is 25.0 Å². The first-order valence-corrected chi connectivity index (χ1v) is 4.98. The van der Waals surface area contributed by atoms with Gasteiger partial charge in [0.15, 0.2) is 0 Å². The molecule has 14 heavy (non-hydrogen) atoms. The van der Waals surface area contributed by atoms with Gasteiger partial charge in [-0.2, -0.15) is 0 Å². The van der Waals surface area contributed by atoms with Crippen LogP contribution in [0.2, 0.25) is 0 Å². The van der Waals surface area contributed by atoms with E-state index in [2.05, 4.69) is 4.98 Å². The molecule has 3 nitrogen and oxygen atoms in total. The molecule has 0 bridgehead atoms. The van der Waals surface area contributed by atoms with Crippen LogP contribution in [0, 0.1) is 0 Å². The summed E-state index contributed by atoms with van der Waals surface area (Å²) in [4.78, 5) is 4.01. The highest BCUT2D eigenvalue weighted by atomic mass is 16.5. The van der Waals surface area contributed by atoms with Crippen molar-refractivity contribution in [2.24, 2.45) is 0 Å². The van der Waals surface area contributed by atoms with Gasteiger partial charge in [0, 0.05) is 19.7 Å². The summed E-state index contributed by atoms with van der Waals surface area (Å²) in [7, 11) is 1.76. The summed E-state index contributed by atoms with van der Waals surface area (Å²) >= 11 is 0. The van der Waals surface area contributed by atoms with Gasteiger partial charge in [-0.3, -0.25) is 4.98 Å². The number of ether oxygens (including phenoxy) is 2. The molecule has 3 heteroatoms. The fourth-order valence-electron chi connectivity index (χ4n) is 1.83. The number of methoxy groups -OCH3 is 1. The summed E-state index contributed by atoms with van der Waals surface area (Å²) in [5.74, 6) is 0.856. The molecular formula is C11H15NO2. The summed E-state index contributed by atoms with van der Waals surface area (Å²) in [5, 5.41) is 0. The molecule has 1 aliphatic carbocycles. The van der Waals surface area contributed by atoms with Crippen LogP contribution < -0.4 is 4.74 Å². The summed E-state index contributed by atoms with van der Waals surface area (Å²) in [6.07, 6.45) is 7.33. The molecule has 0 spiro atoms. The summed E-state index contributed by atoms with van der Waals surface area (Å²) in [6.45, 7) is 0. The standard InChI is InChI=1S/C11H15NO2/c1-13-9-4-5-10(7-9)14-11-3-2-6-12-8-11/h2-3,6,8-10H,4-5,7H2,1H3. The highest BCUT2D eigenvalue weighted by molar-refractivity contribution is 5.16. The van der Waals surface area contributed by atoms with Gasteiger partial charge >= 0.3 is 0 Å². The van der Waals surface area contributed by atoms with Crippen molar-refractivity contribution in [3.63, 3.8) is 0 Å². The van der Waals surface area contributed by atoms with E-state index in [1.165, 1.54) is 0 Å². The second kappa shape index (κ2) is 4.42. The van der Waals surface area contributed by atoms with Crippen molar-refractivity contribution in [2.75, 3.05) is 7.11 Å². The van der Waals surface area contributed by atoms with Gasteiger partial charge in [0.05, 0.1) is 12.3 Å². The van der Waals surface area contributed by atoms with E-state index < -0.39 is 0 Å². The monoisotopic (exact) mass is 193 g/mol. The first kappa shape index (κ1) is 9.46. The first-order valence-electron chi connectivity index (χ1n) is 4.98. The van der Waals surface area contributed by atoms with Gasteiger partial charge < -0.3 is 9.47 Å². The van der Waals surface area contributed by atoms with Gasteiger partial charge in [-0.25, -0.2) is 0 Å². The molecule has 1 heterocycles. The molecule has 0 aliphatic heterocycles. The maximum absolute atomic E-state index is 5.76. The summed E-state index contributed by atoms with van der Waals surface area (Å²) < 4.78 is 11.0. The van der Waals surface area contributed by atoms with Crippen LogP contribution in [-0.2, 0) is 4.74 Å². The Labute approximate surface area is 84.1 Å². The molecule has 1 saturated carbocycles. The molecule has 76 valence electrons. The average molecular weight is 193 g/mol. The molecule has 0 saturated heterocycles. The molecule has 2 atom stereocenters. The Morgan fingerprint density at radius 2 is 2.21 bits per heavy atom. The van der Waals surface area contributed by atoms with Crippen LogP contribution in [0.15, 0.2) is 24.5 Å². The Kier molecular flexibility index (Phi) is 2.99. The normalized spacial score (nSPS) is 26.4. The third-order valence-electron chi connectivity index (χ3n) is 2.61. The Balaban J connectivity index is 1.88. The van der Waals surface area contributed by atoms with Crippen molar-refractivity contribution in [1.82, 2.24) is 4.98 Å². The average Bonchev–Trinajstić information content (AvgIpc) is 2.67. The van der Waals surface area contributed by atoms with E-state index in [0.29, 0.717) is 12.2 Å². The molecule has 0 aromatic carbocycles. The number of nitrogens with zero attached hydrogens (tertiary/aromatic N) is 1. The van der Waals surface area contributed by atoms with Gasteiger partial charge in [0.25, 0.3) is 0 Å². The van der Waals surface area contributed by atoms with Crippen molar-refractivity contribution in [3.05, 3.63) is 24.5 Å². The second-order valence-electron chi connectivity index (χ2n) is 3.60. The lowest BCUT2D eigenvalue weighted by Crippen LogP contribution is -2.14. The van der Waals surface area contributed by atoms with E-state index in [-0.39, 0.29) is 0 Å². The van der Waals surface area contributed by atoms with Crippen molar-refractivity contribution in [2.45, 2.75) is 31.5 Å². The van der Waals surface area contributed by atoms with E-state index >= 15 is 0 Å². The van der Waals surface area contributed by atoms with Crippen molar-refractivity contribution < 1.29 is 9.47 Å². The SMILES string of the molecule is COC1CCC(Oc2cccnc2)C1. The molecule has 0 radical (unpaired) electrons. The number of aromatic nitrogens is 1. The molecule has 2 unspecified atom stereocenters. The molecule has 2 rings (SSSR count). The van der Waals surface area contributed by atoms with Crippen LogP contribution in [0.3, 0.4) is 0 Å². The van der Waals surface area contributed by atoms with Gasteiger partial charge in [-0.15, -0.1) is 0 Å². The maximum atomic E-state index is 5.76. The summed E-state index contributed by atoms with van der Waals surface area (Å²) in [6, 6.07) is 3.82. The predicted molar refractivity (Wildman–Crippen MR) is 53.3 cm³/mol. The van der Waals surface area contributed by atoms with Crippen molar-refractivity contribution >= 4 is 0 Å². The number of pyridine rings is 1. The molecule has 0 amide bonds. The molecule has 0 N–H and O–H groups in total. The van der Waals surface area contributed by atoms with Gasteiger partial charge in [-0.1, -0.05) is 0 Å². The van der Waals surface area contributed by atoms with Crippen molar-refractivity contribution in [3.8, 4) is 5.75 Å². The van der Waals surface area contributed by atoms with Crippen LogP contribution >= 0.6 is 0 Å². The third kappa shape index (κ3) is 2.23. The zero-order valence-corrected chi connectivity index (χ0v) is 8.35. The minimum absolute atomic E-state index is 0.296. The van der Waals surface area contributed by atoms with E-state index in [1.807, 2.05) is 12.1 Å². The quantitative estimate of drug-likeness (QED) is 0.736. The lowest BCUT2D eigenvalue weighted by Gasteiger charge is -2.12. The highest BCUT2D eigenvalue weighted by Gasteiger charge is 2.25. The van der Waals surface area contributed by atoms with E-state index in [0.717, 1.165) is 25.0 Å². The lowest BCUT2D eigenvalue weighted by molar-refractivity contribution is 0.0946. The Hall–Kier alpha value is -1.09. The molecule has 1 aromatic rings. The zero-order valence-electron chi connectivity index (χ0n) is 8.35. The number of rotatable bonds is 3. The Bertz CT molecular complexity index is 276. The molecule has 1 aromatic heterocycles. The minimum atomic E-state index is 0.296. The largest absolute Gasteiger partial charge is 0.489 e. The van der Waals surface area contributed by atoms with E-state index in [9.17, 15) is 0 Å². The van der Waals surface area contributed by atoms with Crippen LogP contribution in [0.1, 0.15) is 19.3 Å². The fourth-order valence-corrected chi connectivity index (χ4v) is 1.83. The van der Waals surface area contributed by atoms with Crippen LogP contribution in [0.5, 0.6) is 5.75 Å². The fraction of sp³-hybridized carbons (Fsp3) is 0.545. The van der Waals surface area contributed by atoms with Crippen molar-refractivity contribution in [1.29, 1.82) is 0 Å².